The molecule has 6 nitrogen and oxygen atoms in total. The largest absolute Gasteiger partial charge is 0.378 e. The monoisotopic (exact) mass is 420 g/mol. The van der Waals surface area contributed by atoms with Gasteiger partial charge in [0.05, 0.1) is 6.21 Å². The van der Waals surface area contributed by atoms with E-state index in [0.717, 1.165) is 11.3 Å². The van der Waals surface area contributed by atoms with E-state index in [1.54, 1.807) is 54.7 Å². The molecule has 0 radical (unpaired) electrons. The number of nitrogens with one attached hydrogen (secondary N) is 2. The number of hydrogen-bond acceptors (Lipinski definition) is 4. The minimum Gasteiger partial charge on any atom is -0.378 e. The average molecular weight is 421 g/mol. The predicted octanol–water partition coefficient (Wildman–Crippen LogP) is 4.42. The van der Waals surface area contributed by atoms with Gasteiger partial charge in [-0.2, -0.15) is 5.10 Å². The van der Waals surface area contributed by atoms with E-state index in [1.807, 2.05) is 43.3 Å². The molecule has 0 fully saturated rings. The number of amides is 2. The van der Waals surface area contributed by atoms with Crippen LogP contribution in [0.4, 0.5) is 11.4 Å². The summed E-state index contributed by atoms with van der Waals surface area (Å²) < 4.78 is 0. The fraction of sp³-hybridized carbons (Fsp3) is 0.0870. The van der Waals surface area contributed by atoms with E-state index in [4.69, 9.17) is 11.6 Å². The van der Waals surface area contributed by atoms with Crippen molar-refractivity contribution in [3.05, 3.63) is 94.5 Å². The molecule has 0 aliphatic heterocycles. The third kappa shape index (κ3) is 5.68. The number of hydrazone groups is 1. The van der Waals surface area contributed by atoms with Crippen LogP contribution < -0.4 is 15.6 Å². The highest BCUT2D eigenvalue weighted by molar-refractivity contribution is 6.30. The minimum absolute atomic E-state index is 0.256. The van der Waals surface area contributed by atoms with Gasteiger partial charge < -0.3 is 10.2 Å². The van der Waals surface area contributed by atoms with Crippen molar-refractivity contribution < 1.29 is 9.59 Å². The lowest BCUT2D eigenvalue weighted by molar-refractivity contribution is 0.0954. The lowest BCUT2D eigenvalue weighted by Gasteiger charge is -2.11. The topological polar surface area (TPSA) is 73.8 Å². The van der Waals surface area contributed by atoms with Crippen LogP contribution in [0.1, 0.15) is 26.3 Å². The number of carbonyl (C=O) groups excluding carboxylic acids is 2. The van der Waals surface area contributed by atoms with Gasteiger partial charge in [0, 0.05) is 41.6 Å². The van der Waals surface area contributed by atoms with E-state index < -0.39 is 0 Å². The molecule has 3 aromatic carbocycles. The van der Waals surface area contributed by atoms with Crippen LogP contribution in [0.3, 0.4) is 0 Å². The molecule has 0 aliphatic rings. The number of carbonyl (C=O) groups is 2. The van der Waals surface area contributed by atoms with Crippen LogP contribution in [0.2, 0.25) is 5.02 Å². The molecule has 0 unspecified atom stereocenters. The maximum Gasteiger partial charge on any atom is 0.271 e. The van der Waals surface area contributed by atoms with Crippen LogP contribution in [-0.4, -0.2) is 32.1 Å². The zero-order valence-electron chi connectivity index (χ0n) is 16.6. The number of nitrogens with zero attached hydrogens (tertiary/aromatic N) is 2. The first-order chi connectivity index (χ1) is 14.4. The summed E-state index contributed by atoms with van der Waals surface area (Å²) >= 11 is 5.83. The summed E-state index contributed by atoms with van der Waals surface area (Å²) in [6, 6.07) is 20.9. The Hall–Kier alpha value is -3.64. The summed E-state index contributed by atoms with van der Waals surface area (Å²) in [6.45, 7) is 0. The Balaban J connectivity index is 1.55. The third-order valence-corrected chi connectivity index (χ3v) is 4.55. The summed E-state index contributed by atoms with van der Waals surface area (Å²) in [5, 5.41) is 7.33. The molecule has 0 atom stereocenters. The number of halogens is 1. The van der Waals surface area contributed by atoms with Gasteiger partial charge >= 0.3 is 0 Å². The number of anilines is 2. The molecule has 0 saturated carbocycles. The van der Waals surface area contributed by atoms with Crippen molar-refractivity contribution in [3.63, 3.8) is 0 Å². The molecule has 3 aromatic rings. The molecule has 3 rings (SSSR count). The van der Waals surface area contributed by atoms with Crippen LogP contribution in [0.5, 0.6) is 0 Å². The van der Waals surface area contributed by atoms with Gasteiger partial charge in [-0.1, -0.05) is 23.7 Å². The highest BCUT2D eigenvalue weighted by Gasteiger charge is 2.08. The fourth-order valence-electron chi connectivity index (χ4n) is 2.60. The third-order valence-electron chi connectivity index (χ3n) is 4.30. The summed E-state index contributed by atoms with van der Waals surface area (Å²) in [5.74, 6) is -0.597. The van der Waals surface area contributed by atoms with Gasteiger partial charge in [0.1, 0.15) is 0 Å². The SMILES string of the molecule is CN(C)c1ccc(/C=N/NC(=O)c2ccc(NC(=O)c3ccc(Cl)cc3)cc2)cc1. The predicted molar refractivity (Wildman–Crippen MR) is 122 cm³/mol. The van der Waals surface area contributed by atoms with Crippen molar-refractivity contribution in [1.82, 2.24) is 5.43 Å². The summed E-state index contributed by atoms with van der Waals surface area (Å²) in [4.78, 5) is 26.5. The second kappa shape index (κ2) is 9.71. The van der Waals surface area contributed by atoms with Gasteiger partial charge in [0.2, 0.25) is 0 Å². The van der Waals surface area contributed by atoms with Gasteiger partial charge in [0.25, 0.3) is 11.8 Å². The lowest BCUT2D eigenvalue weighted by Crippen LogP contribution is -2.18. The Morgan fingerprint density at radius 2 is 1.40 bits per heavy atom. The first-order valence-corrected chi connectivity index (χ1v) is 9.58. The van der Waals surface area contributed by atoms with Crippen molar-refractivity contribution in [2.24, 2.45) is 5.10 Å². The maximum absolute atomic E-state index is 12.2. The molecule has 0 heterocycles. The zero-order valence-corrected chi connectivity index (χ0v) is 17.4. The molecule has 0 aliphatic carbocycles. The second-order valence-corrected chi connectivity index (χ2v) is 7.16. The Bertz CT molecular complexity index is 1040. The first-order valence-electron chi connectivity index (χ1n) is 9.20. The van der Waals surface area contributed by atoms with Crippen LogP contribution in [0, 0.1) is 0 Å². The minimum atomic E-state index is -0.341. The summed E-state index contributed by atoms with van der Waals surface area (Å²) in [5.41, 5.74) is 5.96. The number of benzene rings is 3. The highest BCUT2D eigenvalue weighted by atomic mass is 35.5. The van der Waals surface area contributed by atoms with E-state index >= 15 is 0 Å². The highest BCUT2D eigenvalue weighted by Crippen LogP contribution is 2.14. The molecular formula is C23H21ClN4O2. The Morgan fingerprint density at radius 1 is 0.833 bits per heavy atom. The molecule has 0 saturated heterocycles. The van der Waals surface area contributed by atoms with Crippen LogP contribution in [0.25, 0.3) is 0 Å². The Kier molecular flexibility index (Phi) is 6.83. The molecule has 2 amide bonds. The van der Waals surface area contributed by atoms with Gasteiger partial charge in [0.15, 0.2) is 0 Å². The van der Waals surface area contributed by atoms with E-state index in [-0.39, 0.29) is 11.8 Å². The zero-order chi connectivity index (χ0) is 21.5. The van der Waals surface area contributed by atoms with Crippen LogP contribution in [0.15, 0.2) is 77.9 Å². The van der Waals surface area contributed by atoms with Gasteiger partial charge in [-0.25, -0.2) is 5.43 Å². The van der Waals surface area contributed by atoms with Gasteiger partial charge in [-0.15, -0.1) is 0 Å². The average Bonchev–Trinajstić information content (AvgIpc) is 2.75. The lowest BCUT2D eigenvalue weighted by atomic mass is 10.1. The van der Waals surface area contributed by atoms with E-state index in [1.165, 1.54) is 0 Å². The molecule has 0 bridgehead atoms. The summed E-state index contributed by atoms with van der Waals surface area (Å²) in [7, 11) is 3.94. The maximum atomic E-state index is 12.2. The molecular weight excluding hydrogens is 400 g/mol. The standard InChI is InChI=1S/C23H21ClN4O2/c1-28(2)21-13-3-16(4-14-21)15-25-27-23(30)18-7-11-20(12-8-18)26-22(29)17-5-9-19(24)10-6-17/h3-15H,1-2H3,(H,26,29)(H,27,30)/b25-15+. The molecule has 30 heavy (non-hydrogen) atoms. The first kappa shape index (κ1) is 21.1. The van der Waals surface area contributed by atoms with Crippen molar-refractivity contribution in [2.45, 2.75) is 0 Å². The van der Waals surface area contributed by atoms with E-state index in [0.29, 0.717) is 21.8 Å². The number of hydrogen-bond donors (Lipinski definition) is 2. The van der Waals surface area contributed by atoms with Crippen LogP contribution in [-0.2, 0) is 0 Å². The van der Waals surface area contributed by atoms with E-state index in [2.05, 4.69) is 15.8 Å². The van der Waals surface area contributed by atoms with E-state index in [9.17, 15) is 9.59 Å². The molecule has 152 valence electrons. The fourth-order valence-corrected chi connectivity index (χ4v) is 2.72. The molecule has 2 N–H and O–H groups in total. The second-order valence-electron chi connectivity index (χ2n) is 6.72. The van der Waals surface area contributed by atoms with Crippen molar-refractivity contribution in [1.29, 1.82) is 0 Å². The molecule has 0 aromatic heterocycles. The van der Waals surface area contributed by atoms with Crippen molar-refractivity contribution in [2.75, 3.05) is 24.3 Å². The normalized spacial score (nSPS) is 10.6. The van der Waals surface area contributed by atoms with Gasteiger partial charge in [-0.05, 0) is 66.2 Å². The van der Waals surface area contributed by atoms with Crippen molar-refractivity contribution in [3.8, 4) is 0 Å². The Morgan fingerprint density at radius 3 is 2.00 bits per heavy atom. The Labute approximate surface area is 180 Å². The quantitative estimate of drug-likeness (QED) is 0.458. The van der Waals surface area contributed by atoms with Gasteiger partial charge in [-0.3, -0.25) is 9.59 Å². The smallest absolute Gasteiger partial charge is 0.271 e. The van der Waals surface area contributed by atoms with Crippen molar-refractivity contribution >= 4 is 41.0 Å². The molecule has 0 spiro atoms. The number of rotatable bonds is 6. The molecule has 7 heteroatoms. The summed E-state index contributed by atoms with van der Waals surface area (Å²) in [6.07, 6.45) is 1.58. The van der Waals surface area contributed by atoms with Crippen LogP contribution >= 0.6 is 11.6 Å².